The van der Waals surface area contributed by atoms with Crippen molar-refractivity contribution in [1.82, 2.24) is 5.32 Å². The van der Waals surface area contributed by atoms with E-state index >= 15 is 0 Å². The van der Waals surface area contributed by atoms with Gasteiger partial charge in [-0.05, 0) is 25.0 Å². The quantitative estimate of drug-likeness (QED) is 0.599. The number of carboxylic acid groups (broad SMARTS) is 1. The molecule has 0 bridgehead atoms. The molecule has 1 aromatic rings. The highest BCUT2D eigenvalue weighted by Crippen LogP contribution is 2.20. The van der Waals surface area contributed by atoms with Crippen molar-refractivity contribution in [2.45, 2.75) is 52.4 Å². The number of anilines is 1. The van der Waals surface area contributed by atoms with E-state index in [0.717, 1.165) is 18.4 Å². The number of aromatic carboxylic acids is 1. The number of nitrogens with one attached hydrogen (secondary N) is 2. The van der Waals surface area contributed by atoms with Crippen molar-refractivity contribution in [3.05, 3.63) is 29.3 Å². The third-order valence-corrected chi connectivity index (χ3v) is 3.56. The molecule has 0 saturated heterocycles. The van der Waals surface area contributed by atoms with Gasteiger partial charge in [-0.25, -0.2) is 9.59 Å². The number of carbonyl (C=O) groups is 2. The summed E-state index contributed by atoms with van der Waals surface area (Å²) < 4.78 is 0. The summed E-state index contributed by atoms with van der Waals surface area (Å²) in [6.07, 6.45) is 6.97. The standard InChI is InChI=1S/C17H26N2O3/c1-3-4-5-6-7-8-12-18-17(22)19-15-13(2)10-9-11-14(15)16(20)21/h9-11H,3-8,12H2,1-2H3,(H,20,21)(H2,18,19,22). The Balaban J connectivity index is 2.38. The van der Waals surface area contributed by atoms with Crippen LogP contribution in [-0.4, -0.2) is 23.7 Å². The third-order valence-electron chi connectivity index (χ3n) is 3.56. The minimum absolute atomic E-state index is 0.106. The molecule has 1 aromatic carbocycles. The van der Waals surface area contributed by atoms with Crippen molar-refractivity contribution in [3.8, 4) is 0 Å². The molecule has 5 heteroatoms. The molecule has 0 saturated carbocycles. The fourth-order valence-corrected chi connectivity index (χ4v) is 2.28. The Morgan fingerprint density at radius 3 is 2.45 bits per heavy atom. The zero-order valence-electron chi connectivity index (χ0n) is 13.4. The lowest BCUT2D eigenvalue weighted by Gasteiger charge is -2.12. The number of urea groups is 1. The summed E-state index contributed by atoms with van der Waals surface area (Å²) in [7, 11) is 0. The average molecular weight is 306 g/mol. The molecule has 0 aliphatic carbocycles. The van der Waals surface area contributed by atoms with E-state index in [1.807, 2.05) is 0 Å². The number of unbranched alkanes of at least 4 members (excludes halogenated alkanes) is 5. The molecule has 5 nitrogen and oxygen atoms in total. The molecule has 0 fully saturated rings. The van der Waals surface area contributed by atoms with Crippen molar-refractivity contribution < 1.29 is 14.7 Å². The Morgan fingerprint density at radius 1 is 1.09 bits per heavy atom. The van der Waals surface area contributed by atoms with Gasteiger partial charge < -0.3 is 15.7 Å². The van der Waals surface area contributed by atoms with Gasteiger partial charge in [-0.1, -0.05) is 51.2 Å². The summed E-state index contributed by atoms with van der Waals surface area (Å²) in [5.74, 6) is -1.05. The Bertz CT molecular complexity index is 501. The van der Waals surface area contributed by atoms with E-state index in [0.29, 0.717) is 12.2 Å². The van der Waals surface area contributed by atoms with E-state index in [-0.39, 0.29) is 11.6 Å². The third kappa shape index (κ3) is 6.16. The van der Waals surface area contributed by atoms with Crippen LogP contribution in [0, 0.1) is 6.92 Å². The molecule has 3 N–H and O–H groups in total. The van der Waals surface area contributed by atoms with E-state index in [9.17, 15) is 9.59 Å². The maximum Gasteiger partial charge on any atom is 0.337 e. The second-order valence-corrected chi connectivity index (χ2v) is 5.45. The van der Waals surface area contributed by atoms with Crippen molar-refractivity contribution in [3.63, 3.8) is 0 Å². The molecule has 1 rings (SSSR count). The normalized spacial score (nSPS) is 10.3. The minimum atomic E-state index is -1.05. The number of aryl methyl sites for hydroxylation is 1. The number of carbonyl (C=O) groups excluding carboxylic acids is 1. The first kappa shape index (κ1) is 18.0. The van der Waals surface area contributed by atoms with E-state index in [2.05, 4.69) is 17.6 Å². The molecule has 0 heterocycles. The highest BCUT2D eigenvalue weighted by molar-refractivity contribution is 6.00. The number of carboxylic acids is 1. The van der Waals surface area contributed by atoms with Crippen molar-refractivity contribution in [1.29, 1.82) is 0 Å². The molecule has 0 aliphatic rings. The number of rotatable bonds is 9. The smallest absolute Gasteiger partial charge is 0.337 e. The molecule has 0 spiro atoms. The maximum absolute atomic E-state index is 11.9. The van der Waals surface area contributed by atoms with Crippen LogP contribution < -0.4 is 10.6 Å². The lowest BCUT2D eigenvalue weighted by molar-refractivity contribution is 0.0698. The lowest BCUT2D eigenvalue weighted by Crippen LogP contribution is -2.30. The zero-order chi connectivity index (χ0) is 16.4. The van der Waals surface area contributed by atoms with Crippen molar-refractivity contribution in [2.75, 3.05) is 11.9 Å². The van der Waals surface area contributed by atoms with Crippen LogP contribution in [0.15, 0.2) is 18.2 Å². The first-order valence-corrected chi connectivity index (χ1v) is 7.94. The molecule has 0 radical (unpaired) electrons. The SMILES string of the molecule is CCCCCCCCNC(=O)Nc1c(C)cccc1C(=O)O. The van der Waals surface area contributed by atoms with Crippen LogP contribution in [0.3, 0.4) is 0 Å². The predicted octanol–water partition coefficient (Wildman–Crippen LogP) is 4.18. The van der Waals surface area contributed by atoms with Gasteiger partial charge in [0.25, 0.3) is 0 Å². The predicted molar refractivity (Wildman–Crippen MR) is 88.5 cm³/mol. The van der Waals surface area contributed by atoms with Crippen LogP contribution in [0.4, 0.5) is 10.5 Å². The highest BCUT2D eigenvalue weighted by atomic mass is 16.4. The van der Waals surface area contributed by atoms with E-state index in [1.165, 1.54) is 31.7 Å². The number of hydrogen-bond acceptors (Lipinski definition) is 2. The summed E-state index contributed by atoms with van der Waals surface area (Å²) in [5.41, 5.74) is 1.19. The fourth-order valence-electron chi connectivity index (χ4n) is 2.28. The first-order valence-electron chi connectivity index (χ1n) is 7.94. The van der Waals surface area contributed by atoms with E-state index in [4.69, 9.17) is 5.11 Å². The molecule has 22 heavy (non-hydrogen) atoms. The second-order valence-electron chi connectivity index (χ2n) is 5.45. The number of benzene rings is 1. The molecule has 0 aliphatic heterocycles. The molecule has 0 unspecified atom stereocenters. The summed E-state index contributed by atoms with van der Waals surface area (Å²) in [4.78, 5) is 23.0. The van der Waals surface area contributed by atoms with Crippen molar-refractivity contribution in [2.24, 2.45) is 0 Å². The molecular formula is C17H26N2O3. The second kappa shape index (κ2) is 9.82. The van der Waals surface area contributed by atoms with Gasteiger partial charge in [0.15, 0.2) is 0 Å². The Kier molecular flexibility index (Phi) is 8.04. The van der Waals surface area contributed by atoms with Gasteiger partial charge in [0.1, 0.15) is 0 Å². The van der Waals surface area contributed by atoms with Crippen LogP contribution in [0.25, 0.3) is 0 Å². The van der Waals surface area contributed by atoms with Crippen molar-refractivity contribution >= 4 is 17.7 Å². The van der Waals surface area contributed by atoms with Gasteiger partial charge >= 0.3 is 12.0 Å². The Morgan fingerprint density at radius 2 is 1.77 bits per heavy atom. The maximum atomic E-state index is 11.9. The van der Waals surface area contributed by atoms with Gasteiger partial charge in [-0.2, -0.15) is 0 Å². The van der Waals surface area contributed by atoms with Crippen LogP contribution >= 0.6 is 0 Å². The fraction of sp³-hybridized carbons (Fsp3) is 0.529. The molecule has 2 amide bonds. The number of amides is 2. The highest BCUT2D eigenvalue weighted by Gasteiger charge is 2.13. The molecule has 0 aromatic heterocycles. The van der Waals surface area contributed by atoms with Gasteiger partial charge in [0, 0.05) is 6.54 Å². The van der Waals surface area contributed by atoms with Crippen LogP contribution in [-0.2, 0) is 0 Å². The minimum Gasteiger partial charge on any atom is -0.478 e. The molecule has 122 valence electrons. The van der Waals surface area contributed by atoms with Gasteiger partial charge in [-0.15, -0.1) is 0 Å². The molecular weight excluding hydrogens is 280 g/mol. The molecule has 0 atom stereocenters. The van der Waals surface area contributed by atoms with Gasteiger partial charge in [0.05, 0.1) is 11.3 Å². The van der Waals surface area contributed by atoms with Gasteiger partial charge in [0.2, 0.25) is 0 Å². The van der Waals surface area contributed by atoms with Crippen LogP contribution in [0.5, 0.6) is 0 Å². The number of hydrogen-bond donors (Lipinski definition) is 3. The monoisotopic (exact) mass is 306 g/mol. The van der Waals surface area contributed by atoms with E-state index in [1.54, 1.807) is 19.1 Å². The summed E-state index contributed by atoms with van der Waals surface area (Å²) in [6.45, 7) is 4.56. The summed E-state index contributed by atoms with van der Waals surface area (Å²) in [5, 5.41) is 14.6. The Hall–Kier alpha value is -2.04. The van der Waals surface area contributed by atoms with E-state index < -0.39 is 5.97 Å². The summed E-state index contributed by atoms with van der Waals surface area (Å²) >= 11 is 0. The Labute approximate surface area is 132 Å². The lowest BCUT2D eigenvalue weighted by atomic mass is 10.1. The topological polar surface area (TPSA) is 78.4 Å². The van der Waals surface area contributed by atoms with Crippen LogP contribution in [0.2, 0.25) is 0 Å². The largest absolute Gasteiger partial charge is 0.478 e. The average Bonchev–Trinajstić information content (AvgIpc) is 2.48. The zero-order valence-corrected chi connectivity index (χ0v) is 13.4. The van der Waals surface area contributed by atoms with Gasteiger partial charge in [-0.3, -0.25) is 0 Å². The van der Waals surface area contributed by atoms with Crippen LogP contribution in [0.1, 0.15) is 61.4 Å². The first-order chi connectivity index (χ1) is 10.6. The summed E-state index contributed by atoms with van der Waals surface area (Å²) in [6, 6.07) is 4.57. The number of para-hydroxylation sites is 1.